The number of aromatic nitrogens is 1. The lowest BCUT2D eigenvalue weighted by atomic mass is 9.80. The molecule has 2 N–H and O–H groups in total. The Balaban J connectivity index is 1.99. The molecule has 0 spiro atoms. The Morgan fingerprint density at radius 1 is 1.30 bits per heavy atom. The zero-order valence-electron chi connectivity index (χ0n) is 12.4. The SMILES string of the molecule is CN(Cc1cscn1)CC(C)(C)C(N)c1ccccc1. The maximum atomic E-state index is 6.45. The van der Waals surface area contributed by atoms with E-state index in [-0.39, 0.29) is 11.5 Å². The van der Waals surface area contributed by atoms with Gasteiger partial charge in [-0.3, -0.25) is 4.90 Å². The third kappa shape index (κ3) is 3.88. The largest absolute Gasteiger partial charge is 0.323 e. The summed E-state index contributed by atoms with van der Waals surface area (Å²) >= 11 is 1.64. The van der Waals surface area contributed by atoms with Gasteiger partial charge in [-0.2, -0.15) is 0 Å². The molecule has 1 heterocycles. The second-order valence-corrected chi connectivity index (χ2v) is 6.75. The summed E-state index contributed by atoms with van der Waals surface area (Å²) in [7, 11) is 2.12. The third-order valence-electron chi connectivity index (χ3n) is 3.59. The van der Waals surface area contributed by atoms with Crippen molar-refractivity contribution in [2.24, 2.45) is 11.1 Å². The zero-order valence-corrected chi connectivity index (χ0v) is 13.2. The lowest BCUT2D eigenvalue weighted by molar-refractivity contribution is 0.171. The van der Waals surface area contributed by atoms with E-state index in [4.69, 9.17) is 5.73 Å². The van der Waals surface area contributed by atoms with Crippen molar-refractivity contribution in [2.45, 2.75) is 26.4 Å². The van der Waals surface area contributed by atoms with E-state index in [2.05, 4.69) is 48.3 Å². The normalized spacial score (nSPS) is 13.7. The van der Waals surface area contributed by atoms with Gasteiger partial charge in [-0.25, -0.2) is 4.98 Å². The maximum Gasteiger partial charge on any atom is 0.0795 e. The second kappa shape index (κ2) is 6.48. The van der Waals surface area contributed by atoms with E-state index in [0.717, 1.165) is 18.8 Å². The first-order chi connectivity index (χ1) is 9.49. The van der Waals surface area contributed by atoms with Gasteiger partial charge in [0.15, 0.2) is 0 Å². The molecule has 1 aromatic carbocycles. The van der Waals surface area contributed by atoms with E-state index >= 15 is 0 Å². The Kier molecular flexibility index (Phi) is 4.91. The summed E-state index contributed by atoms with van der Waals surface area (Å²) in [5, 5.41) is 2.10. The molecule has 3 nitrogen and oxygen atoms in total. The Hall–Kier alpha value is -1.23. The highest BCUT2D eigenvalue weighted by Gasteiger charge is 2.29. The van der Waals surface area contributed by atoms with Gasteiger partial charge < -0.3 is 5.73 Å². The summed E-state index contributed by atoms with van der Waals surface area (Å²) in [5.41, 5.74) is 10.7. The van der Waals surface area contributed by atoms with Crippen LogP contribution in [0.15, 0.2) is 41.2 Å². The van der Waals surface area contributed by atoms with Crippen LogP contribution in [0.25, 0.3) is 0 Å². The van der Waals surface area contributed by atoms with Gasteiger partial charge in [0.05, 0.1) is 11.2 Å². The molecule has 0 bridgehead atoms. The van der Waals surface area contributed by atoms with Crippen LogP contribution in [0, 0.1) is 5.41 Å². The van der Waals surface area contributed by atoms with Gasteiger partial charge in [-0.15, -0.1) is 11.3 Å². The highest BCUT2D eigenvalue weighted by Crippen LogP contribution is 2.32. The van der Waals surface area contributed by atoms with Crippen molar-refractivity contribution in [3.63, 3.8) is 0 Å². The molecule has 0 amide bonds. The first-order valence-electron chi connectivity index (χ1n) is 6.85. The smallest absolute Gasteiger partial charge is 0.0795 e. The molecule has 0 aliphatic carbocycles. The van der Waals surface area contributed by atoms with Crippen molar-refractivity contribution in [1.29, 1.82) is 0 Å². The predicted molar refractivity (Wildman–Crippen MR) is 85.6 cm³/mol. The minimum absolute atomic E-state index is 0.00608. The fourth-order valence-electron chi connectivity index (χ4n) is 2.55. The van der Waals surface area contributed by atoms with E-state index in [9.17, 15) is 0 Å². The summed E-state index contributed by atoms with van der Waals surface area (Å²) in [4.78, 5) is 6.62. The summed E-state index contributed by atoms with van der Waals surface area (Å²) < 4.78 is 0. The summed E-state index contributed by atoms with van der Waals surface area (Å²) in [6, 6.07) is 10.4. The van der Waals surface area contributed by atoms with Crippen LogP contribution in [0.4, 0.5) is 0 Å². The average molecular weight is 289 g/mol. The molecular formula is C16H23N3S. The van der Waals surface area contributed by atoms with E-state index < -0.39 is 0 Å². The monoisotopic (exact) mass is 289 g/mol. The van der Waals surface area contributed by atoms with Crippen LogP contribution in [0.5, 0.6) is 0 Å². The van der Waals surface area contributed by atoms with Gasteiger partial charge in [-0.1, -0.05) is 44.2 Å². The number of nitrogens with two attached hydrogens (primary N) is 1. The van der Waals surface area contributed by atoms with Gasteiger partial charge in [-0.05, 0) is 18.0 Å². The van der Waals surface area contributed by atoms with Crippen LogP contribution in [0.2, 0.25) is 0 Å². The Labute approximate surface area is 125 Å². The average Bonchev–Trinajstić information content (AvgIpc) is 2.91. The van der Waals surface area contributed by atoms with Gasteiger partial charge in [0, 0.05) is 24.5 Å². The molecule has 0 radical (unpaired) electrons. The van der Waals surface area contributed by atoms with Gasteiger partial charge in [0.25, 0.3) is 0 Å². The molecular weight excluding hydrogens is 266 g/mol. The highest BCUT2D eigenvalue weighted by atomic mass is 32.1. The van der Waals surface area contributed by atoms with Crippen molar-refractivity contribution in [2.75, 3.05) is 13.6 Å². The molecule has 0 fully saturated rings. The fourth-order valence-corrected chi connectivity index (χ4v) is 3.10. The fraction of sp³-hybridized carbons (Fsp3) is 0.438. The quantitative estimate of drug-likeness (QED) is 0.887. The number of rotatable bonds is 6. The van der Waals surface area contributed by atoms with Crippen molar-refractivity contribution in [3.8, 4) is 0 Å². The summed E-state index contributed by atoms with van der Waals surface area (Å²) in [6.07, 6.45) is 0. The zero-order chi connectivity index (χ0) is 14.6. The van der Waals surface area contributed by atoms with Crippen LogP contribution in [0.3, 0.4) is 0 Å². The molecule has 108 valence electrons. The Morgan fingerprint density at radius 2 is 2.00 bits per heavy atom. The predicted octanol–water partition coefficient (Wildman–Crippen LogP) is 3.30. The van der Waals surface area contributed by atoms with Crippen molar-refractivity contribution < 1.29 is 0 Å². The van der Waals surface area contributed by atoms with Gasteiger partial charge in [0.2, 0.25) is 0 Å². The molecule has 0 aliphatic heterocycles. The summed E-state index contributed by atoms with van der Waals surface area (Å²) in [5.74, 6) is 0. The number of nitrogens with zero attached hydrogens (tertiary/aromatic N) is 2. The standard InChI is InChI=1S/C16H23N3S/c1-16(2,15(17)13-7-5-4-6-8-13)11-19(3)9-14-10-20-12-18-14/h4-8,10,12,15H,9,11,17H2,1-3H3. The number of thiazole rings is 1. The molecule has 4 heteroatoms. The third-order valence-corrected chi connectivity index (χ3v) is 4.23. The first-order valence-corrected chi connectivity index (χ1v) is 7.79. The molecule has 2 aromatic rings. The van der Waals surface area contributed by atoms with E-state index in [0.29, 0.717) is 0 Å². The Morgan fingerprint density at radius 3 is 2.60 bits per heavy atom. The van der Waals surface area contributed by atoms with Gasteiger partial charge >= 0.3 is 0 Å². The Bertz CT molecular complexity index is 508. The molecule has 1 unspecified atom stereocenters. The second-order valence-electron chi connectivity index (χ2n) is 6.03. The van der Waals surface area contributed by atoms with Crippen LogP contribution >= 0.6 is 11.3 Å². The summed E-state index contributed by atoms with van der Waals surface area (Å²) in [6.45, 7) is 6.25. The molecule has 0 saturated heterocycles. The lowest BCUT2D eigenvalue weighted by Crippen LogP contribution is -2.39. The molecule has 1 atom stereocenters. The molecule has 20 heavy (non-hydrogen) atoms. The number of hydrogen-bond acceptors (Lipinski definition) is 4. The highest BCUT2D eigenvalue weighted by molar-refractivity contribution is 7.07. The van der Waals surface area contributed by atoms with Crippen LogP contribution < -0.4 is 5.73 Å². The van der Waals surface area contributed by atoms with Gasteiger partial charge in [0.1, 0.15) is 0 Å². The van der Waals surface area contributed by atoms with Crippen molar-refractivity contribution in [3.05, 3.63) is 52.5 Å². The first kappa shape index (κ1) is 15.2. The van der Waals surface area contributed by atoms with E-state index in [1.807, 2.05) is 23.7 Å². The number of hydrogen-bond donors (Lipinski definition) is 1. The maximum absolute atomic E-state index is 6.45. The van der Waals surface area contributed by atoms with Crippen LogP contribution in [-0.4, -0.2) is 23.5 Å². The molecule has 2 rings (SSSR count). The van der Waals surface area contributed by atoms with E-state index in [1.54, 1.807) is 11.3 Å². The number of benzene rings is 1. The van der Waals surface area contributed by atoms with E-state index in [1.165, 1.54) is 5.56 Å². The lowest BCUT2D eigenvalue weighted by Gasteiger charge is -2.35. The van der Waals surface area contributed by atoms with Crippen molar-refractivity contribution in [1.82, 2.24) is 9.88 Å². The minimum atomic E-state index is 0.00608. The molecule has 0 aliphatic rings. The van der Waals surface area contributed by atoms with Crippen molar-refractivity contribution >= 4 is 11.3 Å². The molecule has 0 saturated carbocycles. The topological polar surface area (TPSA) is 42.2 Å². The minimum Gasteiger partial charge on any atom is -0.323 e. The van der Waals surface area contributed by atoms with Crippen LogP contribution in [-0.2, 0) is 6.54 Å². The van der Waals surface area contributed by atoms with Crippen LogP contribution in [0.1, 0.15) is 31.1 Å². The molecule has 1 aromatic heterocycles.